The van der Waals surface area contributed by atoms with Crippen molar-refractivity contribution < 1.29 is 4.79 Å². The molecule has 0 saturated carbocycles. The number of H-pyrrole nitrogens is 1. The number of thiophene rings is 1. The Hall–Kier alpha value is -4.21. The lowest BCUT2D eigenvalue weighted by Crippen LogP contribution is -2.26. The standard InChI is InChI=1S/C20H12N6O2S/c1-11-15(19(28)24-20-13(9-21)7-8-29-20)17(27)18-23-14(10-22)16(26(18)25-11)12-5-3-2-4-6-12/h2-8,25H,1H3,(H,24,28). The molecule has 0 aliphatic heterocycles. The van der Waals surface area contributed by atoms with Crippen molar-refractivity contribution in [2.75, 3.05) is 5.32 Å². The fourth-order valence-electron chi connectivity index (χ4n) is 3.06. The normalized spacial score (nSPS) is 10.4. The number of carbonyl (C=O) groups is 1. The van der Waals surface area contributed by atoms with Crippen LogP contribution in [0.4, 0.5) is 5.00 Å². The molecule has 0 spiro atoms. The van der Waals surface area contributed by atoms with E-state index in [1.165, 1.54) is 15.9 Å². The number of aryl methyl sites for hydroxylation is 1. The second kappa shape index (κ2) is 7.08. The molecule has 4 aromatic rings. The van der Waals surface area contributed by atoms with Crippen molar-refractivity contribution in [3.05, 3.63) is 74.5 Å². The number of rotatable bonds is 3. The Labute approximate surface area is 168 Å². The summed E-state index contributed by atoms with van der Waals surface area (Å²) in [5.74, 6) is -0.645. The zero-order chi connectivity index (χ0) is 20.5. The van der Waals surface area contributed by atoms with Crippen molar-refractivity contribution in [1.82, 2.24) is 14.6 Å². The third-order valence-corrected chi connectivity index (χ3v) is 5.18. The first-order chi connectivity index (χ1) is 14.0. The van der Waals surface area contributed by atoms with Crippen LogP contribution in [-0.4, -0.2) is 20.5 Å². The summed E-state index contributed by atoms with van der Waals surface area (Å²) in [6, 6.07) is 14.7. The number of nitriles is 2. The smallest absolute Gasteiger partial charge is 0.262 e. The van der Waals surface area contributed by atoms with Crippen LogP contribution in [0.3, 0.4) is 0 Å². The molecule has 0 saturated heterocycles. The maximum Gasteiger partial charge on any atom is 0.262 e. The van der Waals surface area contributed by atoms with Gasteiger partial charge in [-0.05, 0) is 18.4 Å². The molecule has 140 valence electrons. The third kappa shape index (κ3) is 2.96. The number of nitrogens with one attached hydrogen (secondary N) is 2. The van der Waals surface area contributed by atoms with Crippen LogP contribution >= 0.6 is 11.3 Å². The second-order valence-electron chi connectivity index (χ2n) is 6.12. The fraction of sp³-hybridized carbons (Fsp3) is 0.0500. The van der Waals surface area contributed by atoms with E-state index in [-0.39, 0.29) is 16.9 Å². The Kier molecular flexibility index (Phi) is 4.43. The summed E-state index contributed by atoms with van der Waals surface area (Å²) in [6.45, 7) is 1.59. The van der Waals surface area contributed by atoms with E-state index in [0.29, 0.717) is 27.5 Å². The monoisotopic (exact) mass is 400 g/mol. The van der Waals surface area contributed by atoms with Gasteiger partial charge in [0.2, 0.25) is 11.1 Å². The van der Waals surface area contributed by atoms with Gasteiger partial charge in [0.15, 0.2) is 5.69 Å². The van der Waals surface area contributed by atoms with Crippen LogP contribution in [-0.2, 0) is 0 Å². The van der Waals surface area contributed by atoms with Gasteiger partial charge in [-0.3, -0.25) is 14.7 Å². The summed E-state index contributed by atoms with van der Waals surface area (Å²) in [4.78, 5) is 30.0. The lowest BCUT2D eigenvalue weighted by atomic mass is 10.1. The lowest BCUT2D eigenvalue weighted by molar-refractivity contribution is 0.102. The lowest BCUT2D eigenvalue weighted by Gasteiger charge is -2.09. The number of fused-ring (bicyclic) bond motifs is 1. The molecule has 4 rings (SSSR count). The van der Waals surface area contributed by atoms with Gasteiger partial charge in [0, 0.05) is 11.3 Å². The predicted octanol–water partition coefficient (Wildman–Crippen LogP) is 3.06. The number of nitrogens with zero attached hydrogens (tertiary/aromatic N) is 4. The molecule has 1 amide bonds. The van der Waals surface area contributed by atoms with Gasteiger partial charge in [-0.25, -0.2) is 9.50 Å². The predicted molar refractivity (Wildman–Crippen MR) is 108 cm³/mol. The molecule has 8 nitrogen and oxygen atoms in total. The van der Waals surface area contributed by atoms with Crippen molar-refractivity contribution in [2.24, 2.45) is 0 Å². The first-order valence-corrected chi connectivity index (χ1v) is 9.33. The van der Waals surface area contributed by atoms with Crippen LogP contribution in [0.25, 0.3) is 16.9 Å². The van der Waals surface area contributed by atoms with Crippen molar-refractivity contribution in [1.29, 1.82) is 10.5 Å². The van der Waals surface area contributed by atoms with E-state index >= 15 is 0 Å². The Morgan fingerprint density at radius 1 is 1.21 bits per heavy atom. The van der Waals surface area contributed by atoms with Crippen LogP contribution in [0.2, 0.25) is 0 Å². The Morgan fingerprint density at radius 2 is 1.97 bits per heavy atom. The molecule has 3 heterocycles. The molecular weight excluding hydrogens is 388 g/mol. The first-order valence-electron chi connectivity index (χ1n) is 8.45. The molecule has 0 aliphatic carbocycles. The summed E-state index contributed by atoms with van der Waals surface area (Å²) < 4.78 is 1.42. The maximum atomic E-state index is 13.1. The van der Waals surface area contributed by atoms with Gasteiger partial charge < -0.3 is 5.32 Å². The molecule has 0 fully saturated rings. The molecule has 0 aliphatic rings. The number of hydrogen-bond acceptors (Lipinski definition) is 6. The highest BCUT2D eigenvalue weighted by Gasteiger charge is 2.23. The summed E-state index contributed by atoms with van der Waals surface area (Å²) in [6.07, 6.45) is 0. The minimum Gasteiger partial charge on any atom is -0.312 e. The van der Waals surface area contributed by atoms with E-state index in [1.54, 1.807) is 30.5 Å². The highest BCUT2D eigenvalue weighted by Crippen LogP contribution is 2.25. The van der Waals surface area contributed by atoms with Crippen LogP contribution in [0, 0.1) is 29.6 Å². The number of benzene rings is 1. The maximum absolute atomic E-state index is 13.1. The molecule has 9 heteroatoms. The van der Waals surface area contributed by atoms with Gasteiger partial charge in [-0.1, -0.05) is 30.3 Å². The molecule has 0 atom stereocenters. The topological polar surface area (TPSA) is 127 Å². The average Bonchev–Trinajstić information content (AvgIpc) is 3.32. The minimum atomic E-state index is -0.645. The number of imidazole rings is 1. The minimum absolute atomic E-state index is 0.0529. The Morgan fingerprint density at radius 3 is 2.66 bits per heavy atom. The third-order valence-electron chi connectivity index (χ3n) is 4.36. The zero-order valence-corrected chi connectivity index (χ0v) is 15.9. The molecule has 29 heavy (non-hydrogen) atoms. The largest absolute Gasteiger partial charge is 0.312 e. The van der Waals surface area contributed by atoms with Gasteiger partial charge in [-0.15, -0.1) is 11.3 Å². The van der Waals surface area contributed by atoms with Crippen molar-refractivity contribution >= 4 is 27.9 Å². The first kappa shape index (κ1) is 18.2. The molecule has 0 unspecified atom stereocenters. The summed E-state index contributed by atoms with van der Waals surface area (Å²) >= 11 is 1.19. The summed E-state index contributed by atoms with van der Waals surface area (Å²) in [5.41, 5.74) is 1.08. The number of amides is 1. The fourth-order valence-corrected chi connectivity index (χ4v) is 3.79. The molecule has 2 N–H and O–H groups in total. The summed E-state index contributed by atoms with van der Waals surface area (Å²) in [7, 11) is 0. The van der Waals surface area contributed by atoms with Gasteiger partial charge in [0.25, 0.3) is 5.91 Å². The molecule has 0 radical (unpaired) electrons. The van der Waals surface area contributed by atoms with Crippen LogP contribution < -0.4 is 10.7 Å². The highest BCUT2D eigenvalue weighted by molar-refractivity contribution is 7.14. The quantitative estimate of drug-likeness (QED) is 0.546. The number of anilines is 1. The van der Waals surface area contributed by atoms with E-state index in [4.69, 9.17) is 5.26 Å². The number of aromatic nitrogens is 3. The van der Waals surface area contributed by atoms with Gasteiger partial charge in [0.1, 0.15) is 28.4 Å². The van der Waals surface area contributed by atoms with E-state index in [2.05, 4.69) is 15.4 Å². The van der Waals surface area contributed by atoms with E-state index < -0.39 is 11.3 Å². The van der Waals surface area contributed by atoms with Gasteiger partial charge in [0.05, 0.1) is 5.56 Å². The molecule has 1 aromatic carbocycles. The van der Waals surface area contributed by atoms with Crippen LogP contribution in [0.5, 0.6) is 0 Å². The van der Waals surface area contributed by atoms with E-state index in [9.17, 15) is 14.9 Å². The number of carbonyl (C=O) groups excluding carboxylic acids is 1. The van der Waals surface area contributed by atoms with Gasteiger partial charge >= 0.3 is 0 Å². The Bertz CT molecular complexity index is 1400. The summed E-state index contributed by atoms with van der Waals surface area (Å²) in [5, 5.41) is 26.2. The molecule has 0 bridgehead atoms. The van der Waals surface area contributed by atoms with Crippen molar-refractivity contribution in [3.8, 4) is 23.4 Å². The zero-order valence-electron chi connectivity index (χ0n) is 15.1. The Balaban J connectivity index is 1.89. The number of hydrogen-bond donors (Lipinski definition) is 2. The molecular formula is C20H12N6O2S. The molecule has 3 aromatic heterocycles. The van der Waals surface area contributed by atoms with Gasteiger partial charge in [-0.2, -0.15) is 10.5 Å². The number of aromatic amines is 1. The average molecular weight is 400 g/mol. The van der Waals surface area contributed by atoms with Crippen LogP contribution in [0.15, 0.2) is 46.6 Å². The second-order valence-corrected chi connectivity index (χ2v) is 7.03. The SMILES string of the molecule is Cc1[nH]n2c(-c3ccccc3)c(C#N)nc2c(=O)c1C(=O)Nc1sccc1C#N. The van der Waals surface area contributed by atoms with Crippen molar-refractivity contribution in [3.63, 3.8) is 0 Å². The van der Waals surface area contributed by atoms with E-state index in [0.717, 1.165) is 0 Å². The highest BCUT2D eigenvalue weighted by atomic mass is 32.1. The van der Waals surface area contributed by atoms with Crippen molar-refractivity contribution in [2.45, 2.75) is 6.92 Å². The van der Waals surface area contributed by atoms with Crippen LogP contribution in [0.1, 0.15) is 27.3 Å². The van der Waals surface area contributed by atoms with E-state index in [1.807, 2.05) is 30.3 Å².